The number of benzene rings is 2. The van der Waals surface area contributed by atoms with Gasteiger partial charge in [0.15, 0.2) is 0 Å². The van der Waals surface area contributed by atoms with Gasteiger partial charge in [-0.1, -0.05) is 49.1 Å². The average Bonchev–Trinajstić information content (AvgIpc) is 2.74. The van der Waals surface area contributed by atoms with Gasteiger partial charge in [-0.3, -0.25) is 0 Å². The zero-order valence-electron chi connectivity index (χ0n) is 17.9. The van der Waals surface area contributed by atoms with Gasteiger partial charge in [-0.05, 0) is 48.2 Å². The molecule has 178 valence electrons. The molecule has 1 heterocycles. The van der Waals surface area contributed by atoms with E-state index < -0.39 is 29.8 Å². The Kier molecular flexibility index (Phi) is 7.14. The number of nitrogens with one attached hydrogen (secondary N) is 1. The average molecular weight is 485 g/mol. The molecule has 2 aliphatic rings. The first kappa shape index (κ1) is 23.8. The lowest BCUT2D eigenvalue weighted by Crippen LogP contribution is -2.59. The minimum atomic E-state index is -4.75. The number of carbonyl (C=O) groups excluding carboxylic acids is 1. The summed E-state index contributed by atoms with van der Waals surface area (Å²) in [6.07, 6.45) is -0.997. The number of alkyl halides is 3. The van der Waals surface area contributed by atoms with Crippen molar-refractivity contribution in [2.45, 2.75) is 56.5 Å². The lowest BCUT2D eigenvalue weighted by molar-refractivity contribution is -0.140. The summed E-state index contributed by atoms with van der Waals surface area (Å²) in [6, 6.07) is 8.86. The van der Waals surface area contributed by atoms with Gasteiger partial charge in [0, 0.05) is 11.1 Å². The van der Waals surface area contributed by atoms with Crippen molar-refractivity contribution in [1.29, 1.82) is 0 Å². The summed E-state index contributed by atoms with van der Waals surface area (Å²) in [4.78, 5) is 14.1. The van der Waals surface area contributed by atoms with E-state index in [1.807, 2.05) is 0 Å². The quantitative estimate of drug-likeness (QED) is 0.504. The summed E-state index contributed by atoms with van der Waals surface area (Å²) < 4.78 is 60.8. The monoisotopic (exact) mass is 484 g/mol. The van der Waals surface area contributed by atoms with Crippen molar-refractivity contribution in [2.75, 3.05) is 13.1 Å². The molecular weight excluding hydrogens is 460 g/mol. The number of likely N-dealkylation sites (tertiary alicyclic amines) is 1. The third-order valence-corrected chi connectivity index (χ3v) is 6.42. The van der Waals surface area contributed by atoms with Gasteiger partial charge in [0.05, 0.1) is 24.8 Å². The molecule has 0 radical (unpaired) electrons. The van der Waals surface area contributed by atoms with E-state index >= 15 is 0 Å². The van der Waals surface area contributed by atoms with Crippen LogP contribution in [0.1, 0.15) is 54.9 Å². The van der Waals surface area contributed by atoms with Gasteiger partial charge in [0.2, 0.25) is 0 Å². The number of hydrogen-bond donors (Lipinski definition) is 1. The van der Waals surface area contributed by atoms with Gasteiger partial charge in [-0.25, -0.2) is 9.18 Å². The highest BCUT2D eigenvalue weighted by Gasteiger charge is 2.39. The number of carbonyl (C=O) groups is 1. The topological polar surface area (TPSA) is 41.6 Å². The van der Waals surface area contributed by atoms with Crippen LogP contribution in [0.3, 0.4) is 0 Å². The van der Waals surface area contributed by atoms with Gasteiger partial charge in [-0.2, -0.15) is 13.2 Å². The second kappa shape index (κ2) is 9.89. The van der Waals surface area contributed by atoms with Crippen LogP contribution in [0.4, 0.5) is 22.4 Å². The fourth-order valence-corrected chi connectivity index (χ4v) is 4.49. The molecule has 0 aromatic heterocycles. The zero-order valence-corrected chi connectivity index (χ0v) is 18.6. The molecule has 2 aromatic rings. The maximum atomic E-state index is 13.7. The smallest absolute Gasteiger partial charge is 0.362 e. The van der Waals surface area contributed by atoms with Crippen LogP contribution in [0.25, 0.3) is 0 Å². The highest BCUT2D eigenvalue weighted by Crippen LogP contribution is 2.40. The Labute approximate surface area is 194 Å². The Morgan fingerprint density at radius 1 is 1.06 bits per heavy atom. The molecule has 2 fully saturated rings. The lowest BCUT2D eigenvalue weighted by atomic mass is 9.95. The Morgan fingerprint density at radius 2 is 1.73 bits per heavy atom. The van der Waals surface area contributed by atoms with E-state index in [2.05, 4.69) is 5.32 Å². The van der Waals surface area contributed by atoms with Crippen molar-refractivity contribution in [3.63, 3.8) is 0 Å². The molecule has 2 amide bonds. The Balaban J connectivity index is 1.50. The van der Waals surface area contributed by atoms with E-state index in [-0.39, 0.29) is 30.7 Å². The molecule has 4 rings (SSSR count). The molecule has 9 heteroatoms. The summed E-state index contributed by atoms with van der Waals surface area (Å²) in [7, 11) is 0. The first-order valence-corrected chi connectivity index (χ1v) is 11.4. The maximum Gasteiger partial charge on any atom is 0.416 e. The number of nitrogens with zero attached hydrogens (tertiary/aromatic N) is 1. The largest absolute Gasteiger partial charge is 0.416 e. The van der Waals surface area contributed by atoms with E-state index in [0.717, 1.165) is 37.8 Å². The summed E-state index contributed by atoms with van der Waals surface area (Å²) >= 11 is 5.94. The van der Waals surface area contributed by atoms with Crippen LogP contribution < -0.4 is 5.32 Å². The number of amides is 2. The molecule has 1 N–H and O–H groups in total. The molecule has 0 bridgehead atoms. The molecule has 4 nitrogen and oxygen atoms in total. The molecule has 1 saturated heterocycles. The van der Waals surface area contributed by atoms with Crippen molar-refractivity contribution >= 4 is 17.6 Å². The van der Waals surface area contributed by atoms with E-state index in [1.165, 1.54) is 6.42 Å². The fourth-order valence-electron chi connectivity index (χ4n) is 4.37. The third kappa shape index (κ3) is 5.79. The van der Waals surface area contributed by atoms with E-state index in [9.17, 15) is 22.4 Å². The molecule has 1 atom stereocenters. The van der Waals surface area contributed by atoms with Crippen LogP contribution in [-0.2, 0) is 10.9 Å². The van der Waals surface area contributed by atoms with Crippen molar-refractivity contribution in [3.8, 4) is 0 Å². The Morgan fingerprint density at radius 3 is 2.36 bits per heavy atom. The standard InChI is InChI=1S/C24H25ClF4N2O2/c25-16-8-6-15(7-9-16)22(20-11-10-17(26)12-21(20)24(27,28)29)33-19-13-31(14-19)23(32)30-18-4-2-1-3-5-18/h6-12,18-19,22H,1-5,13-14H2,(H,30,32). The molecule has 1 aliphatic heterocycles. The first-order valence-electron chi connectivity index (χ1n) is 11.0. The normalized spacial score (nSPS) is 18.6. The predicted octanol–water partition coefficient (Wildman–Crippen LogP) is 6.33. The molecule has 1 unspecified atom stereocenters. The SMILES string of the molecule is O=C(NC1CCCCC1)N1CC(OC(c2ccc(Cl)cc2)c2ccc(F)cc2C(F)(F)F)C1. The minimum Gasteiger partial charge on any atom is -0.362 e. The second-order valence-electron chi connectivity index (χ2n) is 8.61. The Bertz CT molecular complexity index is 971. The summed E-state index contributed by atoms with van der Waals surface area (Å²) in [5, 5.41) is 3.46. The van der Waals surface area contributed by atoms with Gasteiger partial charge in [0.1, 0.15) is 11.9 Å². The van der Waals surface area contributed by atoms with Crippen molar-refractivity contribution in [2.24, 2.45) is 0 Å². The molecule has 2 aromatic carbocycles. The summed E-state index contributed by atoms with van der Waals surface area (Å²) in [5.74, 6) is -0.977. The van der Waals surface area contributed by atoms with Gasteiger partial charge in [0.25, 0.3) is 0 Å². The molecule has 1 saturated carbocycles. The van der Waals surface area contributed by atoms with Crippen LogP contribution in [0.5, 0.6) is 0 Å². The number of halogens is 5. The van der Waals surface area contributed by atoms with Gasteiger partial charge in [-0.15, -0.1) is 0 Å². The van der Waals surface area contributed by atoms with Gasteiger partial charge >= 0.3 is 12.2 Å². The van der Waals surface area contributed by atoms with Crippen molar-refractivity contribution < 1.29 is 27.1 Å². The predicted molar refractivity (Wildman–Crippen MR) is 117 cm³/mol. The first-order chi connectivity index (χ1) is 15.7. The van der Waals surface area contributed by atoms with Crippen molar-refractivity contribution in [1.82, 2.24) is 10.2 Å². The number of hydrogen-bond acceptors (Lipinski definition) is 2. The van der Waals surface area contributed by atoms with Crippen molar-refractivity contribution in [3.05, 3.63) is 70.0 Å². The highest BCUT2D eigenvalue weighted by atomic mass is 35.5. The summed E-state index contributed by atoms with van der Waals surface area (Å²) in [6.45, 7) is 0.538. The van der Waals surface area contributed by atoms with Crippen LogP contribution in [-0.4, -0.2) is 36.2 Å². The number of rotatable bonds is 5. The molecule has 33 heavy (non-hydrogen) atoms. The highest BCUT2D eigenvalue weighted by molar-refractivity contribution is 6.30. The second-order valence-corrected chi connectivity index (χ2v) is 9.04. The molecule has 1 aliphatic carbocycles. The van der Waals surface area contributed by atoms with Crippen LogP contribution >= 0.6 is 11.6 Å². The molecule has 0 spiro atoms. The fraction of sp³-hybridized carbons (Fsp3) is 0.458. The number of urea groups is 1. The zero-order chi connectivity index (χ0) is 23.6. The maximum absolute atomic E-state index is 13.7. The lowest BCUT2D eigenvalue weighted by Gasteiger charge is -2.41. The van der Waals surface area contributed by atoms with E-state index in [4.69, 9.17) is 16.3 Å². The number of ether oxygens (including phenoxy) is 1. The van der Waals surface area contributed by atoms with E-state index in [0.29, 0.717) is 16.7 Å². The third-order valence-electron chi connectivity index (χ3n) is 6.17. The van der Waals surface area contributed by atoms with Crippen LogP contribution in [0.2, 0.25) is 5.02 Å². The van der Waals surface area contributed by atoms with E-state index in [1.54, 1.807) is 29.2 Å². The van der Waals surface area contributed by atoms with Crippen LogP contribution in [0, 0.1) is 5.82 Å². The minimum absolute atomic E-state index is 0.168. The molecular formula is C24H25ClF4N2O2. The van der Waals surface area contributed by atoms with Gasteiger partial charge < -0.3 is 15.0 Å². The summed E-state index contributed by atoms with van der Waals surface area (Å²) in [5.41, 5.74) is -0.813. The van der Waals surface area contributed by atoms with Crippen LogP contribution in [0.15, 0.2) is 42.5 Å². The Hall–Kier alpha value is -2.32.